The molecule has 4 rings (SSSR count). The fraction of sp³-hybridized carbons (Fsp3) is 0.294. The molecule has 1 aliphatic carbocycles. The fourth-order valence-electron chi connectivity index (χ4n) is 3.03. The quantitative estimate of drug-likeness (QED) is 0.688. The van der Waals surface area contributed by atoms with E-state index in [0.29, 0.717) is 12.8 Å². The second-order valence-corrected chi connectivity index (χ2v) is 8.06. The van der Waals surface area contributed by atoms with Crippen LogP contribution in [0.25, 0.3) is 16.9 Å². The van der Waals surface area contributed by atoms with Gasteiger partial charge >= 0.3 is 0 Å². The number of fused-ring (bicyclic) bond motifs is 1. The molecule has 9 nitrogen and oxygen atoms in total. The van der Waals surface area contributed by atoms with E-state index in [1.165, 1.54) is 35.2 Å². The van der Waals surface area contributed by atoms with Gasteiger partial charge in [0.25, 0.3) is 0 Å². The average Bonchev–Trinajstić information content (AvgIpc) is 3.08. The van der Waals surface area contributed by atoms with Crippen molar-refractivity contribution in [2.24, 2.45) is 5.92 Å². The summed E-state index contributed by atoms with van der Waals surface area (Å²) in [5, 5.41) is 12.9. The Balaban J connectivity index is 1.81. The van der Waals surface area contributed by atoms with Crippen LogP contribution in [0.5, 0.6) is 0 Å². The van der Waals surface area contributed by atoms with Crippen molar-refractivity contribution in [1.82, 2.24) is 24.3 Å². The van der Waals surface area contributed by atoms with Gasteiger partial charge < -0.3 is 5.73 Å². The minimum absolute atomic E-state index is 0.0476. The number of aryl methyl sites for hydroxylation is 1. The summed E-state index contributed by atoms with van der Waals surface area (Å²) in [6.45, 7) is -2.50. The number of nitrogens with zero attached hydrogens (tertiary/aromatic N) is 5. The molecule has 138 valence electrons. The van der Waals surface area contributed by atoms with Gasteiger partial charge in [-0.15, -0.1) is 0 Å². The second-order valence-electron chi connectivity index (χ2n) is 6.35. The molecule has 2 heterocycles. The highest BCUT2D eigenvalue weighted by atomic mass is 32.2. The Kier molecular flexibility index (Phi) is 3.28. The van der Waals surface area contributed by atoms with Gasteiger partial charge in [0, 0.05) is 21.6 Å². The van der Waals surface area contributed by atoms with Crippen LogP contribution < -0.4 is 10.5 Å². The highest BCUT2D eigenvalue weighted by molar-refractivity contribution is 7.89. The molecular weight excluding hydrogens is 366 g/mol. The number of nitrogens with one attached hydrogen (secondary N) is 1. The SMILES string of the molecule is [2H]C([2H])([2H])c1ccc(S(=O)(=O)NC2CC(C#N)C2)cc1-c1cnc2c(N)ncnn12. The summed E-state index contributed by atoms with van der Waals surface area (Å²) in [7, 11) is -3.92. The van der Waals surface area contributed by atoms with Gasteiger partial charge in [0.15, 0.2) is 11.5 Å². The molecule has 0 radical (unpaired) electrons. The van der Waals surface area contributed by atoms with Crippen molar-refractivity contribution in [3.63, 3.8) is 0 Å². The maximum Gasteiger partial charge on any atom is 0.240 e. The number of imidazole rings is 1. The lowest BCUT2D eigenvalue weighted by Crippen LogP contribution is -2.43. The summed E-state index contributed by atoms with van der Waals surface area (Å²) < 4.78 is 53.1. The highest BCUT2D eigenvalue weighted by Crippen LogP contribution is 2.30. The maximum absolute atomic E-state index is 12.8. The molecule has 0 atom stereocenters. The standard InChI is InChI=1S/C17H17N7O2S/c1-10-2-3-13(27(25,26)23-12-4-11(5-12)7-18)6-14(10)15-8-20-17-16(19)21-9-22-24(15)17/h2-3,6,8-9,11-12,23H,4-5H2,1H3,(H2,19,21,22)/i1D3. The Hall–Kier alpha value is -3.03. The van der Waals surface area contributed by atoms with Crippen LogP contribution in [0.1, 0.15) is 22.5 Å². The highest BCUT2D eigenvalue weighted by Gasteiger charge is 2.32. The first-order valence-electron chi connectivity index (χ1n) is 9.61. The Morgan fingerprint density at radius 1 is 1.41 bits per heavy atom. The van der Waals surface area contributed by atoms with Gasteiger partial charge in [0.1, 0.15) is 6.33 Å². The number of benzene rings is 1. The van der Waals surface area contributed by atoms with Crippen molar-refractivity contribution in [1.29, 1.82) is 5.26 Å². The van der Waals surface area contributed by atoms with E-state index < -0.39 is 16.9 Å². The zero-order chi connectivity index (χ0) is 21.7. The zero-order valence-electron chi connectivity index (χ0n) is 17.0. The molecule has 0 aliphatic heterocycles. The van der Waals surface area contributed by atoms with Crippen LogP contribution in [0, 0.1) is 24.1 Å². The van der Waals surface area contributed by atoms with E-state index in [9.17, 15) is 8.42 Å². The summed E-state index contributed by atoms with van der Waals surface area (Å²) in [6.07, 6.45) is 3.46. The lowest BCUT2D eigenvalue weighted by Gasteiger charge is -2.30. The van der Waals surface area contributed by atoms with E-state index in [1.807, 2.05) is 0 Å². The van der Waals surface area contributed by atoms with Crippen molar-refractivity contribution < 1.29 is 12.5 Å². The Labute approximate surface area is 160 Å². The molecule has 2 aromatic heterocycles. The molecule has 1 aliphatic rings. The van der Waals surface area contributed by atoms with E-state index in [1.54, 1.807) is 0 Å². The van der Waals surface area contributed by atoms with Crippen LogP contribution in [0.2, 0.25) is 0 Å². The molecular formula is C17H17N7O2S. The number of hydrogen-bond acceptors (Lipinski definition) is 7. The van der Waals surface area contributed by atoms with Crippen molar-refractivity contribution >= 4 is 21.5 Å². The zero-order valence-corrected chi connectivity index (χ0v) is 14.8. The third-order valence-electron chi connectivity index (χ3n) is 4.55. The largest absolute Gasteiger partial charge is 0.381 e. The van der Waals surface area contributed by atoms with Crippen molar-refractivity contribution in [3.8, 4) is 17.3 Å². The lowest BCUT2D eigenvalue weighted by atomic mass is 9.82. The number of aromatic nitrogens is 4. The van der Waals surface area contributed by atoms with Crippen LogP contribution in [0.15, 0.2) is 35.6 Å². The van der Waals surface area contributed by atoms with Crippen molar-refractivity contribution in [2.45, 2.75) is 30.6 Å². The van der Waals surface area contributed by atoms with E-state index in [0.717, 1.165) is 0 Å². The van der Waals surface area contributed by atoms with Crippen LogP contribution in [0.3, 0.4) is 0 Å². The first kappa shape index (κ1) is 14.1. The number of rotatable bonds is 4. The van der Waals surface area contributed by atoms with E-state index >= 15 is 0 Å². The molecule has 0 saturated heterocycles. The van der Waals surface area contributed by atoms with Gasteiger partial charge in [-0.2, -0.15) is 10.4 Å². The molecule has 1 saturated carbocycles. The monoisotopic (exact) mass is 386 g/mol. The third-order valence-corrected chi connectivity index (χ3v) is 6.07. The lowest BCUT2D eigenvalue weighted by molar-refractivity contribution is 0.308. The van der Waals surface area contributed by atoms with E-state index in [2.05, 4.69) is 25.9 Å². The molecule has 0 unspecified atom stereocenters. The fourth-order valence-corrected chi connectivity index (χ4v) is 4.32. The number of nitrogen functional groups attached to an aromatic ring is 1. The first-order chi connectivity index (χ1) is 14.1. The van der Waals surface area contributed by atoms with Gasteiger partial charge in [-0.05, 0) is 37.4 Å². The van der Waals surface area contributed by atoms with Gasteiger partial charge in [-0.25, -0.2) is 27.6 Å². The molecule has 1 fully saturated rings. The Morgan fingerprint density at radius 3 is 2.96 bits per heavy atom. The molecule has 1 aromatic carbocycles. The molecule has 0 bridgehead atoms. The minimum Gasteiger partial charge on any atom is -0.381 e. The number of nitrogens with two attached hydrogens (primary N) is 1. The smallest absolute Gasteiger partial charge is 0.240 e. The summed E-state index contributed by atoms with van der Waals surface area (Å²) in [5.41, 5.74) is 6.40. The second kappa shape index (κ2) is 6.29. The maximum atomic E-state index is 12.8. The molecule has 0 spiro atoms. The molecule has 3 N–H and O–H groups in total. The molecule has 10 heteroatoms. The summed E-state index contributed by atoms with van der Waals surface area (Å²) >= 11 is 0. The number of anilines is 1. The average molecular weight is 386 g/mol. The molecule has 27 heavy (non-hydrogen) atoms. The van der Waals surface area contributed by atoms with Gasteiger partial charge in [0.05, 0.1) is 22.9 Å². The van der Waals surface area contributed by atoms with Gasteiger partial charge in [-0.3, -0.25) is 0 Å². The van der Waals surface area contributed by atoms with Crippen LogP contribution in [0.4, 0.5) is 5.82 Å². The minimum atomic E-state index is -3.92. The Morgan fingerprint density at radius 2 is 2.22 bits per heavy atom. The predicted molar refractivity (Wildman–Crippen MR) is 97.8 cm³/mol. The predicted octanol–water partition coefficient (Wildman–Crippen LogP) is 1.26. The third kappa shape index (κ3) is 3.01. The number of sulfonamides is 1. The number of hydrogen-bond donors (Lipinski definition) is 2. The van der Waals surface area contributed by atoms with Gasteiger partial charge in [0.2, 0.25) is 10.0 Å². The van der Waals surface area contributed by atoms with Crippen molar-refractivity contribution in [2.75, 3.05) is 5.73 Å². The Bertz CT molecular complexity index is 1270. The van der Waals surface area contributed by atoms with Crippen LogP contribution >= 0.6 is 0 Å². The first-order valence-corrected chi connectivity index (χ1v) is 9.59. The summed E-state index contributed by atoms with van der Waals surface area (Å²) in [4.78, 5) is 7.88. The number of nitriles is 1. The van der Waals surface area contributed by atoms with Crippen molar-refractivity contribution in [3.05, 3.63) is 36.3 Å². The molecule has 3 aromatic rings. The van der Waals surface area contributed by atoms with E-state index in [-0.39, 0.29) is 45.1 Å². The normalized spacial score (nSPS) is 21.7. The summed E-state index contributed by atoms with van der Waals surface area (Å²) in [5.74, 6) is -0.0522. The van der Waals surface area contributed by atoms with Crippen LogP contribution in [-0.4, -0.2) is 34.0 Å². The molecule has 0 amide bonds. The van der Waals surface area contributed by atoms with Gasteiger partial charge in [-0.1, -0.05) is 6.07 Å². The topological polar surface area (TPSA) is 139 Å². The van der Waals surface area contributed by atoms with E-state index in [4.69, 9.17) is 15.1 Å². The summed E-state index contributed by atoms with van der Waals surface area (Å²) in [6, 6.07) is 5.57. The van der Waals surface area contributed by atoms with Crippen LogP contribution in [-0.2, 0) is 10.0 Å².